The fourth-order valence-electron chi connectivity index (χ4n) is 3.49. The number of fused-ring (bicyclic) bond motifs is 1. The summed E-state index contributed by atoms with van der Waals surface area (Å²) in [6.45, 7) is 0.750. The van der Waals surface area contributed by atoms with Gasteiger partial charge in [0.1, 0.15) is 12.0 Å². The van der Waals surface area contributed by atoms with Gasteiger partial charge in [-0.2, -0.15) is 0 Å². The fourth-order valence-corrected chi connectivity index (χ4v) is 3.74. The number of para-hydroxylation sites is 1. The summed E-state index contributed by atoms with van der Waals surface area (Å²) in [6.07, 6.45) is 3.83. The Kier molecular flexibility index (Phi) is 4.62. The summed E-state index contributed by atoms with van der Waals surface area (Å²) in [4.78, 5) is 4.72. The summed E-state index contributed by atoms with van der Waals surface area (Å²) >= 11 is 12.0. The second-order valence-corrected chi connectivity index (χ2v) is 7.73. The molecule has 5 rings (SSSR count). The minimum atomic E-state index is 0.575. The third kappa shape index (κ3) is 3.55. The Morgan fingerprint density at radius 2 is 1.52 bits per heavy atom. The van der Waals surface area contributed by atoms with Crippen LogP contribution in [0.25, 0.3) is 33.6 Å². The maximum absolute atomic E-state index is 6.02. The molecular weight excluding hydrogens is 403 g/mol. The Balaban J connectivity index is 1.55. The van der Waals surface area contributed by atoms with Crippen LogP contribution in [0, 0.1) is 0 Å². The van der Waals surface area contributed by atoms with Gasteiger partial charge in [0.25, 0.3) is 0 Å². The molecule has 2 aromatic heterocycles. The SMILES string of the molecule is Clc1ccc(Cn2cc(-c3coc(-c4ccc(Cl)cc4)n3)c3ccccc32)cc1. The molecule has 0 aliphatic rings. The molecule has 0 aliphatic carbocycles. The van der Waals surface area contributed by atoms with E-state index in [0.717, 1.165) is 39.3 Å². The molecule has 0 bridgehead atoms. The molecule has 3 aromatic carbocycles. The zero-order chi connectivity index (χ0) is 19.8. The summed E-state index contributed by atoms with van der Waals surface area (Å²) in [5.41, 5.74) is 5.07. The zero-order valence-corrected chi connectivity index (χ0v) is 16.9. The van der Waals surface area contributed by atoms with Gasteiger partial charge in [0.2, 0.25) is 5.89 Å². The number of rotatable bonds is 4. The van der Waals surface area contributed by atoms with Crippen LogP contribution in [0.4, 0.5) is 0 Å². The molecule has 0 fully saturated rings. The van der Waals surface area contributed by atoms with Crippen molar-refractivity contribution in [2.75, 3.05) is 0 Å². The van der Waals surface area contributed by atoms with Crippen LogP contribution in [0.1, 0.15) is 5.56 Å². The number of benzene rings is 3. The predicted molar refractivity (Wildman–Crippen MR) is 118 cm³/mol. The van der Waals surface area contributed by atoms with Crippen molar-refractivity contribution in [1.29, 1.82) is 0 Å². The summed E-state index contributed by atoms with van der Waals surface area (Å²) in [5, 5.41) is 2.56. The van der Waals surface area contributed by atoms with Gasteiger partial charge in [0, 0.05) is 44.8 Å². The second kappa shape index (κ2) is 7.43. The molecule has 3 nitrogen and oxygen atoms in total. The van der Waals surface area contributed by atoms with E-state index in [1.165, 1.54) is 5.56 Å². The molecule has 0 saturated heterocycles. The van der Waals surface area contributed by atoms with E-state index in [0.29, 0.717) is 10.9 Å². The largest absolute Gasteiger partial charge is 0.444 e. The normalized spacial score (nSPS) is 11.2. The van der Waals surface area contributed by atoms with Crippen LogP contribution in [0.15, 0.2) is 89.7 Å². The van der Waals surface area contributed by atoms with Crippen molar-refractivity contribution in [1.82, 2.24) is 9.55 Å². The molecule has 0 atom stereocenters. The number of aromatic nitrogens is 2. The van der Waals surface area contributed by atoms with Crippen LogP contribution in [-0.4, -0.2) is 9.55 Å². The van der Waals surface area contributed by atoms with Gasteiger partial charge < -0.3 is 8.98 Å². The van der Waals surface area contributed by atoms with Crippen LogP contribution in [0.2, 0.25) is 10.0 Å². The van der Waals surface area contributed by atoms with Crippen molar-refractivity contribution in [2.24, 2.45) is 0 Å². The van der Waals surface area contributed by atoms with Crippen LogP contribution in [0.3, 0.4) is 0 Å². The van der Waals surface area contributed by atoms with E-state index in [1.807, 2.05) is 60.7 Å². The lowest BCUT2D eigenvalue weighted by Crippen LogP contribution is -1.97. The highest BCUT2D eigenvalue weighted by atomic mass is 35.5. The first-order chi connectivity index (χ1) is 14.2. The number of nitrogens with zero attached hydrogens (tertiary/aromatic N) is 2. The summed E-state index contributed by atoms with van der Waals surface area (Å²) in [7, 11) is 0. The molecule has 0 saturated carbocycles. The molecular formula is C24H16Cl2N2O. The molecule has 0 N–H and O–H groups in total. The average Bonchev–Trinajstić information content (AvgIpc) is 3.36. The van der Waals surface area contributed by atoms with Gasteiger partial charge in [0.15, 0.2) is 0 Å². The predicted octanol–water partition coefficient (Wildman–Crippen LogP) is 7.32. The van der Waals surface area contributed by atoms with Crippen LogP contribution in [-0.2, 0) is 6.54 Å². The quantitative estimate of drug-likeness (QED) is 0.306. The van der Waals surface area contributed by atoms with Crippen molar-refractivity contribution >= 4 is 34.1 Å². The zero-order valence-electron chi connectivity index (χ0n) is 15.3. The van der Waals surface area contributed by atoms with Crippen molar-refractivity contribution in [3.63, 3.8) is 0 Å². The number of halogens is 2. The maximum atomic E-state index is 6.02. The minimum absolute atomic E-state index is 0.575. The molecule has 0 amide bonds. The Morgan fingerprint density at radius 1 is 0.828 bits per heavy atom. The van der Waals surface area contributed by atoms with Crippen LogP contribution in [0.5, 0.6) is 0 Å². The highest BCUT2D eigenvalue weighted by molar-refractivity contribution is 6.30. The molecule has 5 heteroatoms. The molecule has 142 valence electrons. The minimum Gasteiger partial charge on any atom is -0.444 e. The molecule has 0 aliphatic heterocycles. The Labute approximate surface area is 178 Å². The van der Waals surface area contributed by atoms with Crippen LogP contribution >= 0.6 is 23.2 Å². The van der Waals surface area contributed by atoms with Crippen molar-refractivity contribution in [3.8, 4) is 22.7 Å². The monoisotopic (exact) mass is 418 g/mol. The van der Waals surface area contributed by atoms with Gasteiger partial charge in [-0.05, 0) is 48.0 Å². The lowest BCUT2D eigenvalue weighted by molar-refractivity contribution is 0.575. The number of oxazole rings is 1. The molecule has 0 radical (unpaired) electrons. The van der Waals surface area contributed by atoms with Crippen molar-refractivity contribution < 1.29 is 4.42 Å². The van der Waals surface area contributed by atoms with Gasteiger partial charge in [0.05, 0.1) is 0 Å². The van der Waals surface area contributed by atoms with E-state index in [4.69, 9.17) is 32.6 Å². The lowest BCUT2D eigenvalue weighted by atomic mass is 10.1. The summed E-state index contributed by atoms with van der Waals surface area (Å²) in [5.74, 6) is 0.575. The van der Waals surface area contributed by atoms with E-state index in [-0.39, 0.29) is 0 Å². The first kappa shape index (κ1) is 18.0. The highest BCUT2D eigenvalue weighted by Gasteiger charge is 2.15. The Bertz CT molecular complexity index is 1280. The highest BCUT2D eigenvalue weighted by Crippen LogP contribution is 2.32. The van der Waals surface area contributed by atoms with Gasteiger partial charge in [-0.3, -0.25) is 0 Å². The fraction of sp³-hybridized carbons (Fsp3) is 0.0417. The van der Waals surface area contributed by atoms with E-state index < -0.39 is 0 Å². The maximum Gasteiger partial charge on any atom is 0.226 e. The topological polar surface area (TPSA) is 31.0 Å². The van der Waals surface area contributed by atoms with Gasteiger partial charge in [-0.15, -0.1) is 0 Å². The third-order valence-corrected chi connectivity index (χ3v) is 5.43. The Morgan fingerprint density at radius 3 is 2.28 bits per heavy atom. The number of hydrogen-bond donors (Lipinski definition) is 0. The Hall–Kier alpha value is -3.01. The standard InChI is InChI=1S/C24H16Cl2N2O/c25-18-9-5-16(6-10-18)13-28-14-21(20-3-1-2-4-23(20)28)22-15-29-24(27-22)17-7-11-19(26)12-8-17/h1-12,14-15H,13H2. The number of hydrogen-bond acceptors (Lipinski definition) is 2. The molecule has 5 aromatic rings. The van der Waals surface area contributed by atoms with Gasteiger partial charge in [-0.25, -0.2) is 4.98 Å². The average molecular weight is 419 g/mol. The van der Waals surface area contributed by atoms with Gasteiger partial charge >= 0.3 is 0 Å². The molecule has 29 heavy (non-hydrogen) atoms. The van der Waals surface area contributed by atoms with E-state index in [2.05, 4.69) is 22.9 Å². The van der Waals surface area contributed by atoms with E-state index in [9.17, 15) is 0 Å². The first-order valence-corrected chi connectivity index (χ1v) is 9.97. The smallest absolute Gasteiger partial charge is 0.226 e. The lowest BCUT2D eigenvalue weighted by Gasteiger charge is -2.05. The second-order valence-electron chi connectivity index (χ2n) is 6.86. The van der Waals surface area contributed by atoms with E-state index in [1.54, 1.807) is 6.26 Å². The summed E-state index contributed by atoms with van der Waals surface area (Å²) in [6, 6.07) is 23.7. The van der Waals surface area contributed by atoms with Crippen molar-refractivity contribution in [2.45, 2.75) is 6.54 Å². The molecule has 0 unspecified atom stereocenters. The third-order valence-electron chi connectivity index (χ3n) is 4.93. The summed E-state index contributed by atoms with van der Waals surface area (Å²) < 4.78 is 7.98. The van der Waals surface area contributed by atoms with Crippen molar-refractivity contribution in [3.05, 3.63) is 101 Å². The molecule has 0 spiro atoms. The van der Waals surface area contributed by atoms with Gasteiger partial charge in [-0.1, -0.05) is 53.5 Å². The first-order valence-electron chi connectivity index (χ1n) is 9.21. The molecule has 2 heterocycles. The van der Waals surface area contributed by atoms with E-state index >= 15 is 0 Å². The van der Waals surface area contributed by atoms with Crippen LogP contribution < -0.4 is 0 Å².